The van der Waals surface area contributed by atoms with Crippen LogP contribution < -0.4 is 14.4 Å². The van der Waals surface area contributed by atoms with Gasteiger partial charge in [0.1, 0.15) is 0 Å². The maximum atomic E-state index is 6.94. The molecule has 2 heterocycles. The minimum absolute atomic E-state index is 0.140. The second-order valence-electron chi connectivity index (χ2n) is 7.82. The van der Waals surface area contributed by atoms with Crippen molar-refractivity contribution in [2.45, 2.75) is 0 Å². The molecular formula is C26H15Cl4O2P. The molecule has 0 saturated heterocycles. The van der Waals surface area contributed by atoms with Crippen molar-refractivity contribution in [2.75, 3.05) is 0 Å². The molecule has 7 heteroatoms. The van der Waals surface area contributed by atoms with Crippen LogP contribution in [0.4, 0.5) is 0 Å². The number of halogens is 4. The third-order valence-corrected chi connectivity index (χ3v) is 12.5. The molecule has 0 fully saturated rings. The summed E-state index contributed by atoms with van der Waals surface area (Å²) in [5.41, 5.74) is 2.02. The molecule has 0 saturated carbocycles. The normalized spacial score (nSPS) is 18.1. The summed E-state index contributed by atoms with van der Waals surface area (Å²) in [5, 5.41) is 3.56. The molecule has 0 amide bonds. The standard InChI is InChI=1S/C26H15Cl4O2P/c27-19-20(28)22(30)24-23(21(19)29)31-33(32-24,18-14-8-3-9-15-18)25(16-10-4-1-5-11-16)26(33)17-12-6-2-7-13-17/h1-15H. The minimum atomic E-state index is -3.84. The summed E-state index contributed by atoms with van der Waals surface area (Å²) in [7, 11) is -3.84. The van der Waals surface area contributed by atoms with Crippen molar-refractivity contribution in [3.63, 3.8) is 0 Å². The first-order chi connectivity index (χ1) is 16.0. The fraction of sp³-hybridized carbons (Fsp3) is 0. The van der Waals surface area contributed by atoms with Crippen molar-refractivity contribution in [3.8, 4) is 11.5 Å². The Morgan fingerprint density at radius 2 is 0.818 bits per heavy atom. The van der Waals surface area contributed by atoms with Gasteiger partial charge < -0.3 is 0 Å². The van der Waals surface area contributed by atoms with Crippen LogP contribution in [0, 0.1) is 0 Å². The molecular weight excluding hydrogens is 517 g/mol. The van der Waals surface area contributed by atoms with Crippen LogP contribution in [0.2, 0.25) is 20.1 Å². The Balaban J connectivity index is 1.70. The van der Waals surface area contributed by atoms with Crippen LogP contribution in [0.5, 0.6) is 11.5 Å². The molecule has 2 aliphatic heterocycles. The molecule has 4 aromatic rings. The van der Waals surface area contributed by atoms with E-state index >= 15 is 0 Å². The fourth-order valence-electron chi connectivity index (χ4n) is 4.60. The average Bonchev–Trinajstić information content (AvgIpc) is 3.31. The predicted molar refractivity (Wildman–Crippen MR) is 140 cm³/mol. The second kappa shape index (κ2) is 7.40. The molecule has 0 aromatic heterocycles. The first kappa shape index (κ1) is 21.4. The number of hydrogen-bond acceptors (Lipinski definition) is 2. The Hall–Kier alpha value is -2.19. The van der Waals surface area contributed by atoms with Gasteiger partial charge in [-0.15, -0.1) is 0 Å². The summed E-state index contributed by atoms with van der Waals surface area (Å²) in [6.45, 7) is 0. The van der Waals surface area contributed by atoms with Gasteiger partial charge in [0.2, 0.25) is 0 Å². The Morgan fingerprint density at radius 1 is 0.455 bits per heavy atom. The summed E-state index contributed by atoms with van der Waals surface area (Å²) >= 11 is 26.1. The monoisotopic (exact) mass is 530 g/mol. The van der Waals surface area contributed by atoms with E-state index in [2.05, 4.69) is 24.3 Å². The van der Waals surface area contributed by atoms with E-state index in [0.29, 0.717) is 11.5 Å². The van der Waals surface area contributed by atoms with Gasteiger partial charge in [0, 0.05) is 0 Å². The van der Waals surface area contributed by atoms with Gasteiger partial charge in [-0.1, -0.05) is 0 Å². The first-order valence-corrected chi connectivity index (χ1v) is 13.8. The molecule has 0 aliphatic carbocycles. The molecule has 6 rings (SSSR count). The maximum absolute atomic E-state index is 6.94. The van der Waals surface area contributed by atoms with Gasteiger partial charge in [-0.3, -0.25) is 0 Å². The molecule has 2 nitrogen and oxygen atoms in total. The van der Waals surface area contributed by atoms with Crippen LogP contribution >= 0.6 is 53.5 Å². The fourth-order valence-corrected chi connectivity index (χ4v) is 11.0. The Bertz CT molecular complexity index is 1360. The molecule has 0 N–H and O–H groups in total. The van der Waals surface area contributed by atoms with Crippen molar-refractivity contribution in [3.05, 3.63) is 122 Å². The van der Waals surface area contributed by atoms with E-state index < -0.39 is 7.06 Å². The summed E-state index contributed by atoms with van der Waals surface area (Å²) in [5.74, 6) is 0.633. The Kier molecular flexibility index (Phi) is 4.79. The third-order valence-electron chi connectivity index (χ3n) is 6.02. The molecule has 1 spiro atoms. The molecule has 0 unspecified atom stereocenters. The van der Waals surface area contributed by atoms with Gasteiger partial charge in [-0.2, -0.15) is 0 Å². The molecule has 2 aliphatic rings. The van der Waals surface area contributed by atoms with Crippen LogP contribution in [-0.4, -0.2) is 0 Å². The van der Waals surface area contributed by atoms with Gasteiger partial charge in [0.25, 0.3) is 0 Å². The molecule has 164 valence electrons. The van der Waals surface area contributed by atoms with Crippen molar-refractivity contribution >= 4 is 69.4 Å². The number of fused-ring (bicyclic) bond motifs is 1. The predicted octanol–water partition coefficient (Wildman–Crippen LogP) is 9.32. The van der Waals surface area contributed by atoms with E-state index in [1.54, 1.807) is 0 Å². The second-order valence-corrected chi connectivity index (χ2v) is 13.0. The van der Waals surface area contributed by atoms with Crippen LogP contribution in [0.3, 0.4) is 0 Å². The quantitative estimate of drug-likeness (QED) is 0.149. The van der Waals surface area contributed by atoms with Gasteiger partial charge in [-0.25, -0.2) is 0 Å². The SMILES string of the molecule is Clc1c(Cl)c(Cl)c2c(c1Cl)OP1(c3ccccc3)(O2)C(c2ccccc2)=C1c1ccccc1. The number of rotatable bonds is 3. The van der Waals surface area contributed by atoms with E-state index in [0.717, 1.165) is 27.1 Å². The first-order valence-electron chi connectivity index (χ1n) is 10.2. The Labute approximate surface area is 211 Å². The van der Waals surface area contributed by atoms with Crippen LogP contribution in [-0.2, 0) is 0 Å². The van der Waals surface area contributed by atoms with Gasteiger partial charge in [0.05, 0.1) is 0 Å². The molecule has 4 aromatic carbocycles. The van der Waals surface area contributed by atoms with Crippen LogP contribution in [0.15, 0.2) is 91.0 Å². The molecule has 0 bridgehead atoms. The average molecular weight is 532 g/mol. The van der Waals surface area contributed by atoms with E-state index in [-0.39, 0.29) is 20.1 Å². The van der Waals surface area contributed by atoms with Crippen LogP contribution in [0.1, 0.15) is 11.1 Å². The van der Waals surface area contributed by atoms with Crippen molar-refractivity contribution in [2.24, 2.45) is 0 Å². The van der Waals surface area contributed by atoms with E-state index in [1.807, 2.05) is 66.7 Å². The van der Waals surface area contributed by atoms with Crippen molar-refractivity contribution in [1.29, 1.82) is 0 Å². The molecule has 0 radical (unpaired) electrons. The van der Waals surface area contributed by atoms with Crippen LogP contribution in [0.25, 0.3) is 10.6 Å². The van der Waals surface area contributed by atoms with E-state index in [9.17, 15) is 0 Å². The summed E-state index contributed by atoms with van der Waals surface area (Å²) < 4.78 is 13.9. The van der Waals surface area contributed by atoms with Crippen molar-refractivity contribution < 1.29 is 9.05 Å². The summed E-state index contributed by atoms with van der Waals surface area (Å²) in [4.78, 5) is 0. The van der Waals surface area contributed by atoms with Gasteiger partial charge >= 0.3 is 212 Å². The molecule has 33 heavy (non-hydrogen) atoms. The zero-order valence-electron chi connectivity index (χ0n) is 16.9. The summed E-state index contributed by atoms with van der Waals surface area (Å²) in [6.07, 6.45) is 0. The Morgan fingerprint density at radius 3 is 1.21 bits per heavy atom. The van der Waals surface area contributed by atoms with Gasteiger partial charge in [-0.05, 0) is 0 Å². The zero-order valence-corrected chi connectivity index (χ0v) is 20.9. The topological polar surface area (TPSA) is 18.5 Å². The number of benzene rings is 4. The number of hydrogen-bond donors (Lipinski definition) is 0. The summed E-state index contributed by atoms with van der Waals surface area (Å²) in [6, 6.07) is 30.1. The van der Waals surface area contributed by atoms with Crippen molar-refractivity contribution in [1.82, 2.24) is 0 Å². The van der Waals surface area contributed by atoms with E-state index in [1.165, 1.54) is 0 Å². The van der Waals surface area contributed by atoms with Gasteiger partial charge in [0.15, 0.2) is 0 Å². The third kappa shape index (κ3) is 2.74. The van der Waals surface area contributed by atoms with E-state index in [4.69, 9.17) is 55.5 Å². The molecule has 0 atom stereocenters. The zero-order chi connectivity index (χ0) is 22.8.